The number of halogens is 3. The predicted molar refractivity (Wildman–Crippen MR) is 51.7 cm³/mol. The lowest BCUT2D eigenvalue weighted by Crippen LogP contribution is -2.22. The third kappa shape index (κ3) is 2.25. The number of hydrogen-bond donors (Lipinski definition) is 0. The zero-order valence-corrected chi connectivity index (χ0v) is 8.85. The van der Waals surface area contributed by atoms with Crippen LogP contribution < -0.4 is 4.74 Å². The average molecular weight is 218 g/mol. The number of rotatable bonds is 3. The standard InChI is InChI=1S/C11H13F3O/c1-7(2)11(13,14)9-6-8(12)4-5-10(9)15-3/h4-7H,1-3H3. The van der Waals surface area contributed by atoms with Gasteiger partial charge in [-0.15, -0.1) is 0 Å². The van der Waals surface area contributed by atoms with Crippen LogP contribution in [-0.2, 0) is 5.92 Å². The van der Waals surface area contributed by atoms with Crippen molar-refractivity contribution in [3.05, 3.63) is 29.6 Å². The molecule has 0 aliphatic carbocycles. The third-order valence-electron chi connectivity index (χ3n) is 2.25. The summed E-state index contributed by atoms with van der Waals surface area (Å²) in [6.45, 7) is 2.76. The van der Waals surface area contributed by atoms with Gasteiger partial charge in [0.2, 0.25) is 0 Å². The van der Waals surface area contributed by atoms with Crippen LogP contribution in [0.5, 0.6) is 5.75 Å². The number of benzene rings is 1. The molecule has 0 saturated carbocycles. The molecule has 84 valence electrons. The first-order valence-corrected chi connectivity index (χ1v) is 4.61. The predicted octanol–water partition coefficient (Wildman–Crippen LogP) is 3.58. The van der Waals surface area contributed by atoms with E-state index in [1.807, 2.05) is 0 Å². The molecule has 1 nitrogen and oxygen atoms in total. The Labute approximate surface area is 86.9 Å². The Morgan fingerprint density at radius 2 is 1.87 bits per heavy atom. The lowest BCUT2D eigenvalue weighted by atomic mass is 9.97. The van der Waals surface area contributed by atoms with E-state index >= 15 is 0 Å². The van der Waals surface area contributed by atoms with Gasteiger partial charge in [-0.1, -0.05) is 13.8 Å². The van der Waals surface area contributed by atoms with Crippen LogP contribution >= 0.6 is 0 Å². The Bertz CT molecular complexity index is 348. The van der Waals surface area contributed by atoms with Crippen molar-refractivity contribution in [2.75, 3.05) is 7.11 Å². The maximum absolute atomic E-state index is 13.7. The molecule has 0 aliphatic heterocycles. The molecular weight excluding hydrogens is 205 g/mol. The van der Waals surface area contributed by atoms with Gasteiger partial charge in [0, 0.05) is 5.92 Å². The second kappa shape index (κ2) is 4.13. The molecule has 0 aromatic heterocycles. The van der Waals surface area contributed by atoms with E-state index < -0.39 is 23.2 Å². The minimum Gasteiger partial charge on any atom is -0.496 e. The van der Waals surface area contributed by atoms with Crippen LogP contribution in [0.3, 0.4) is 0 Å². The van der Waals surface area contributed by atoms with Gasteiger partial charge in [0.15, 0.2) is 0 Å². The van der Waals surface area contributed by atoms with Crippen LogP contribution in [0.25, 0.3) is 0 Å². The topological polar surface area (TPSA) is 9.23 Å². The summed E-state index contributed by atoms with van der Waals surface area (Å²) in [6, 6.07) is 3.12. The summed E-state index contributed by atoms with van der Waals surface area (Å²) < 4.78 is 45.0. The Hall–Kier alpha value is -1.19. The highest BCUT2D eigenvalue weighted by atomic mass is 19.3. The first-order valence-electron chi connectivity index (χ1n) is 4.61. The van der Waals surface area contributed by atoms with Crippen LogP contribution in [0.15, 0.2) is 18.2 Å². The highest BCUT2D eigenvalue weighted by Crippen LogP contribution is 2.40. The molecule has 0 amide bonds. The van der Waals surface area contributed by atoms with E-state index in [1.165, 1.54) is 27.0 Å². The molecular formula is C11H13F3O. The van der Waals surface area contributed by atoms with Crippen LogP contribution in [0.2, 0.25) is 0 Å². The van der Waals surface area contributed by atoms with Gasteiger partial charge in [-0.3, -0.25) is 0 Å². The zero-order chi connectivity index (χ0) is 11.6. The smallest absolute Gasteiger partial charge is 0.279 e. The molecule has 0 N–H and O–H groups in total. The molecule has 0 spiro atoms. The Morgan fingerprint density at radius 3 is 2.33 bits per heavy atom. The molecule has 0 radical (unpaired) electrons. The average Bonchev–Trinajstić information content (AvgIpc) is 2.17. The van der Waals surface area contributed by atoms with Crippen LogP contribution in [0.4, 0.5) is 13.2 Å². The fraction of sp³-hybridized carbons (Fsp3) is 0.455. The lowest BCUT2D eigenvalue weighted by molar-refractivity contribution is -0.0533. The van der Waals surface area contributed by atoms with Gasteiger partial charge >= 0.3 is 0 Å². The van der Waals surface area contributed by atoms with Gasteiger partial charge in [0.05, 0.1) is 12.7 Å². The second-order valence-corrected chi connectivity index (χ2v) is 3.62. The quantitative estimate of drug-likeness (QED) is 0.753. The largest absolute Gasteiger partial charge is 0.496 e. The Kier molecular flexibility index (Phi) is 3.27. The second-order valence-electron chi connectivity index (χ2n) is 3.62. The fourth-order valence-corrected chi connectivity index (χ4v) is 1.25. The summed E-state index contributed by atoms with van der Waals surface area (Å²) in [5, 5.41) is 0. The fourth-order valence-electron chi connectivity index (χ4n) is 1.25. The van der Waals surface area contributed by atoms with E-state index in [0.717, 1.165) is 12.1 Å². The van der Waals surface area contributed by atoms with E-state index in [1.54, 1.807) is 0 Å². The third-order valence-corrected chi connectivity index (χ3v) is 2.25. The van der Waals surface area contributed by atoms with Crippen molar-refractivity contribution in [3.8, 4) is 5.75 Å². The number of ether oxygens (including phenoxy) is 1. The molecule has 1 aromatic carbocycles. The van der Waals surface area contributed by atoms with E-state index in [2.05, 4.69) is 0 Å². The van der Waals surface area contributed by atoms with Gasteiger partial charge in [-0.25, -0.2) is 13.2 Å². The van der Waals surface area contributed by atoms with Crippen molar-refractivity contribution < 1.29 is 17.9 Å². The van der Waals surface area contributed by atoms with Crippen LogP contribution in [-0.4, -0.2) is 7.11 Å². The minimum atomic E-state index is -3.09. The number of methoxy groups -OCH3 is 1. The molecule has 4 heteroatoms. The molecule has 0 atom stereocenters. The first-order chi connectivity index (χ1) is 6.89. The SMILES string of the molecule is COc1ccc(F)cc1C(F)(F)C(C)C. The monoisotopic (exact) mass is 218 g/mol. The van der Waals surface area contributed by atoms with Gasteiger partial charge in [-0.05, 0) is 18.2 Å². The van der Waals surface area contributed by atoms with E-state index in [0.29, 0.717) is 0 Å². The molecule has 0 fully saturated rings. The minimum absolute atomic E-state index is 0.00935. The maximum atomic E-state index is 13.7. The van der Waals surface area contributed by atoms with Crippen molar-refractivity contribution in [1.29, 1.82) is 0 Å². The van der Waals surface area contributed by atoms with Gasteiger partial charge in [0.1, 0.15) is 11.6 Å². The summed E-state index contributed by atoms with van der Waals surface area (Å²) in [6.07, 6.45) is 0. The van der Waals surface area contributed by atoms with E-state index in [4.69, 9.17) is 4.74 Å². The molecule has 15 heavy (non-hydrogen) atoms. The molecule has 1 rings (SSSR count). The van der Waals surface area contributed by atoms with Crippen molar-refractivity contribution in [2.45, 2.75) is 19.8 Å². The van der Waals surface area contributed by atoms with Crippen LogP contribution in [0.1, 0.15) is 19.4 Å². The summed E-state index contributed by atoms with van der Waals surface area (Å²) in [5.74, 6) is -4.68. The van der Waals surface area contributed by atoms with Crippen molar-refractivity contribution in [3.63, 3.8) is 0 Å². The number of alkyl halides is 2. The Balaban J connectivity index is 3.28. The molecule has 0 bridgehead atoms. The van der Waals surface area contributed by atoms with Gasteiger partial charge < -0.3 is 4.74 Å². The van der Waals surface area contributed by atoms with Crippen molar-refractivity contribution in [2.24, 2.45) is 5.92 Å². The van der Waals surface area contributed by atoms with Gasteiger partial charge in [-0.2, -0.15) is 0 Å². The van der Waals surface area contributed by atoms with E-state index in [-0.39, 0.29) is 5.75 Å². The summed E-state index contributed by atoms with van der Waals surface area (Å²) >= 11 is 0. The highest BCUT2D eigenvalue weighted by Gasteiger charge is 2.38. The number of hydrogen-bond acceptors (Lipinski definition) is 1. The van der Waals surface area contributed by atoms with Crippen molar-refractivity contribution in [1.82, 2.24) is 0 Å². The normalized spacial score (nSPS) is 11.9. The molecule has 0 heterocycles. The van der Waals surface area contributed by atoms with Crippen LogP contribution in [0, 0.1) is 11.7 Å². The zero-order valence-electron chi connectivity index (χ0n) is 8.85. The summed E-state index contributed by atoms with van der Waals surface area (Å²) in [4.78, 5) is 0. The maximum Gasteiger partial charge on any atom is 0.279 e. The van der Waals surface area contributed by atoms with Crippen molar-refractivity contribution >= 4 is 0 Å². The summed E-state index contributed by atoms with van der Waals surface area (Å²) in [7, 11) is 1.28. The summed E-state index contributed by atoms with van der Waals surface area (Å²) in [5.41, 5.74) is -0.403. The Morgan fingerprint density at radius 1 is 1.27 bits per heavy atom. The van der Waals surface area contributed by atoms with Gasteiger partial charge in [0.25, 0.3) is 5.92 Å². The van der Waals surface area contributed by atoms with E-state index in [9.17, 15) is 13.2 Å². The lowest BCUT2D eigenvalue weighted by Gasteiger charge is -2.22. The molecule has 0 aliphatic rings. The molecule has 1 aromatic rings. The molecule has 0 unspecified atom stereocenters. The highest BCUT2D eigenvalue weighted by molar-refractivity contribution is 5.37. The molecule has 0 saturated heterocycles. The first kappa shape index (κ1) is 11.9.